The summed E-state index contributed by atoms with van der Waals surface area (Å²) in [4.78, 5) is 3.95. The molecular formula is C13H12N2OS. The van der Waals surface area contributed by atoms with Crippen molar-refractivity contribution in [3.05, 3.63) is 65.7 Å². The van der Waals surface area contributed by atoms with Crippen molar-refractivity contribution in [3.63, 3.8) is 0 Å². The monoisotopic (exact) mass is 244 g/mol. The summed E-state index contributed by atoms with van der Waals surface area (Å²) in [5.41, 5.74) is 0.920. The van der Waals surface area contributed by atoms with Crippen molar-refractivity contribution in [2.24, 2.45) is 0 Å². The van der Waals surface area contributed by atoms with Crippen LogP contribution in [0.5, 0.6) is 0 Å². The molecular weight excluding hydrogens is 232 g/mol. The van der Waals surface area contributed by atoms with Crippen molar-refractivity contribution in [2.45, 2.75) is 5.03 Å². The first-order valence-corrected chi connectivity index (χ1v) is 6.74. The van der Waals surface area contributed by atoms with Gasteiger partial charge in [-0.05, 0) is 23.8 Å². The van der Waals surface area contributed by atoms with E-state index < -0.39 is 9.73 Å². The number of hydrogen-bond acceptors (Lipinski definition) is 3. The number of nitrogens with zero attached hydrogens (tertiary/aromatic N) is 1. The molecule has 0 aliphatic rings. The maximum Gasteiger partial charge on any atom is 0.139 e. The Hall–Kier alpha value is -1.94. The highest BCUT2D eigenvalue weighted by Gasteiger charge is 2.05. The maximum absolute atomic E-state index is 12.1. The fourth-order valence-electron chi connectivity index (χ4n) is 1.33. The van der Waals surface area contributed by atoms with Gasteiger partial charge in [0.25, 0.3) is 0 Å². The first-order chi connectivity index (χ1) is 8.18. The molecule has 2 rings (SSSR count). The van der Waals surface area contributed by atoms with Gasteiger partial charge in [-0.3, -0.25) is 0 Å². The minimum atomic E-state index is -2.95. The van der Waals surface area contributed by atoms with Crippen LogP contribution in [0.2, 0.25) is 0 Å². The van der Waals surface area contributed by atoms with Gasteiger partial charge in [0, 0.05) is 11.6 Å². The molecule has 17 heavy (non-hydrogen) atoms. The van der Waals surface area contributed by atoms with Crippen molar-refractivity contribution in [3.8, 4) is 0 Å². The summed E-state index contributed by atoms with van der Waals surface area (Å²) in [6.45, 7) is 0. The van der Waals surface area contributed by atoms with E-state index in [0.717, 1.165) is 5.56 Å². The van der Waals surface area contributed by atoms with E-state index in [2.05, 4.69) is 4.98 Å². The maximum atomic E-state index is 12.1. The van der Waals surface area contributed by atoms with Crippen LogP contribution >= 0.6 is 0 Å². The first kappa shape index (κ1) is 11.5. The Balaban J connectivity index is 2.28. The van der Waals surface area contributed by atoms with E-state index in [-0.39, 0.29) is 5.03 Å². The smallest absolute Gasteiger partial charge is 0.139 e. The van der Waals surface area contributed by atoms with E-state index >= 15 is 0 Å². The summed E-state index contributed by atoms with van der Waals surface area (Å²) >= 11 is 0. The number of nitrogens with one attached hydrogen (secondary N) is 1. The largest absolute Gasteiger partial charge is 0.246 e. The van der Waals surface area contributed by atoms with E-state index in [9.17, 15) is 4.21 Å². The molecule has 4 heteroatoms. The van der Waals surface area contributed by atoms with Crippen LogP contribution < -0.4 is 0 Å². The zero-order valence-corrected chi connectivity index (χ0v) is 9.93. The van der Waals surface area contributed by atoms with Crippen LogP contribution in [0.15, 0.2) is 65.2 Å². The molecule has 86 valence electrons. The van der Waals surface area contributed by atoms with Gasteiger partial charge in [-0.2, -0.15) is 0 Å². The third kappa shape index (κ3) is 3.01. The molecule has 1 heterocycles. The first-order valence-electron chi connectivity index (χ1n) is 5.11. The highest BCUT2D eigenvalue weighted by molar-refractivity contribution is 7.95. The molecule has 0 saturated heterocycles. The highest BCUT2D eigenvalue weighted by atomic mass is 32.2. The van der Waals surface area contributed by atoms with Gasteiger partial charge in [0.15, 0.2) is 0 Å². The third-order valence-electron chi connectivity index (χ3n) is 2.20. The van der Waals surface area contributed by atoms with E-state index in [1.165, 1.54) is 5.41 Å². The zero-order chi connectivity index (χ0) is 12.1. The zero-order valence-electron chi connectivity index (χ0n) is 9.11. The van der Waals surface area contributed by atoms with Crippen LogP contribution in [-0.4, -0.2) is 9.19 Å². The Labute approximate surface area is 101 Å². The third-order valence-corrected chi connectivity index (χ3v) is 3.58. The quantitative estimate of drug-likeness (QED) is 0.901. The van der Waals surface area contributed by atoms with Crippen LogP contribution in [0.3, 0.4) is 0 Å². The average Bonchev–Trinajstić information content (AvgIpc) is 2.39. The second kappa shape index (κ2) is 4.93. The molecule has 0 fully saturated rings. The molecule has 1 atom stereocenters. The molecule has 1 aromatic carbocycles. The second-order valence-corrected chi connectivity index (χ2v) is 5.37. The van der Waals surface area contributed by atoms with Crippen molar-refractivity contribution in [1.29, 1.82) is 4.78 Å². The lowest BCUT2D eigenvalue weighted by Crippen LogP contribution is -1.96. The Morgan fingerprint density at radius 2 is 1.76 bits per heavy atom. The molecule has 1 N–H and O–H groups in total. The normalized spacial score (nSPS) is 14.6. The molecule has 0 aliphatic carbocycles. The molecule has 2 aromatic rings. The number of hydrogen-bond donors (Lipinski definition) is 1. The SMILES string of the molecule is N=S(=O)(/C=C/c1ccccc1)c1ccccn1. The number of rotatable bonds is 3. The summed E-state index contributed by atoms with van der Waals surface area (Å²) in [6, 6.07) is 14.6. The number of pyridine rings is 1. The Morgan fingerprint density at radius 1 is 1.06 bits per heavy atom. The van der Waals surface area contributed by atoms with Crippen LogP contribution in [0.25, 0.3) is 6.08 Å². The molecule has 0 saturated carbocycles. The number of benzene rings is 1. The van der Waals surface area contributed by atoms with Gasteiger partial charge in [0.2, 0.25) is 0 Å². The predicted octanol–water partition coefficient (Wildman–Crippen LogP) is 3.16. The Morgan fingerprint density at radius 3 is 2.41 bits per heavy atom. The van der Waals surface area contributed by atoms with Gasteiger partial charge in [-0.15, -0.1) is 0 Å². The van der Waals surface area contributed by atoms with E-state index in [1.54, 1.807) is 30.5 Å². The lowest BCUT2D eigenvalue weighted by Gasteiger charge is -2.00. The molecule has 0 amide bonds. The predicted molar refractivity (Wildman–Crippen MR) is 68.8 cm³/mol. The Bertz CT molecular complexity index is 604. The van der Waals surface area contributed by atoms with Crippen LogP contribution in [-0.2, 0) is 9.73 Å². The minimum Gasteiger partial charge on any atom is -0.246 e. The minimum absolute atomic E-state index is 0.284. The summed E-state index contributed by atoms with van der Waals surface area (Å²) in [7, 11) is -2.95. The fourth-order valence-corrected chi connectivity index (χ4v) is 2.32. The topological polar surface area (TPSA) is 53.8 Å². The van der Waals surface area contributed by atoms with Crippen molar-refractivity contribution < 1.29 is 4.21 Å². The molecule has 1 aromatic heterocycles. The second-order valence-electron chi connectivity index (χ2n) is 3.48. The lowest BCUT2D eigenvalue weighted by atomic mass is 10.2. The average molecular weight is 244 g/mol. The molecule has 0 bridgehead atoms. The molecule has 3 nitrogen and oxygen atoms in total. The van der Waals surface area contributed by atoms with Crippen molar-refractivity contribution in [1.82, 2.24) is 4.98 Å². The van der Waals surface area contributed by atoms with Crippen LogP contribution in [0, 0.1) is 4.78 Å². The standard InChI is InChI=1S/C13H12N2OS/c14-17(16,13-8-4-5-10-15-13)11-9-12-6-2-1-3-7-12/h1-11,14H/b11-9+. The summed E-state index contributed by atoms with van der Waals surface area (Å²) in [5.74, 6) is 0. The summed E-state index contributed by atoms with van der Waals surface area (Å²) in [6.07, 6.45) is 3.23. The van der Waals surface area contributed by atoms with Crippen molar-refractivity contribution in [2.75, 3.05) is 0 Å². The Kier molecular flexibility index (Phi) is 3.35. The van der Waals surface area contributed by atoms with Gasteiger partial charge in [-0.1, -0.05) is 36.4 Å². The highest BCUT2D eigenvalue weighted by Crippen LogP contribution is 2.11. The molecule has 1 unspecified atom stereocenters. The van der Waals surface area contributed by atoms with E-state index in [4.69, 9.17) is 4.78 Å². The van der Waals surface area contributed by atoms with Gasteiger partial charge in [-0.25, -0.2) is 14.0 Å². The summed E-state index contributed by atoms with van der Waals surface area (Å²) < 4.78 is 19.9. The lowest BCUT2D eigenvalue weighted by molar-refractivity contribution is 0.678. The molecule has 0 spiro atoms. The summed E-state index contributed by atoms with van der Waals surface area (Å²) in [5, 5.41) is 1.68. The molecule has 0 radical (unpaired) electrons. The number of aromatic nitrogens is 1. The van der Waals surface area contributed by atoms with E-state index in [0.29, 0.717) is 0 Å². The fraction of sp³-hybridized carbons (Fsp3) is 0. The van der Waals surface area contributed by atoms with E-state index in [1.807, 2.05) is 30.3 Å². The van der Waals surface area contributed by atoms with Gasteiger partial charge < -0.3 is 0 Å². The van der Waals surface area contributed by atoms with Crippen molar-refractivity contribution >= 4 is 15.8 Å². The van der Waals surface area contributed by atoms with Gasteiger partial charge >= 0.3 is 0 Å². The molecule has 0 aliphatic heterocycles. The van der Waals surface area contributed by atoms with Crippen LogP contribution in [0.4, 0.5) is 0 Å². The van der Waals surface area contributed by atoms with Gasteiger partial charge in [0.1, 0.15) is 14.8 Å². The van der Waals surface area contributed by atoms with Crippen LogP contribution in [0.1, 0.15) is 5.56 Å². The van der Waals surface area contributed by atoms with Gasteiger partial charge in [0.05, 0.1) is 0 Å².